The lowest BCUT2D eigenvalue weighted by Crippen LogP contribution is -2.25. The Balaban J connectivity index is 2.00. The Morgan fingerprint density at radius 2 is 1.93 bits per heavy atom. The summed E-state index contributed by atoms with van der Waals surface area (Å²) < 4.78 is 11.4. The SMILES string of the molecule is CCCCCOc1cccc(N2C=C(OC(=O)C(CCC)CCC)N=CC2)c1. The average molecular weight is 387 g/mol. The van der Waals surface area contributed by atoms with Gasteiger partial charge in [-0.3, -0.25) is 4.79 Å². The standard InChI is InChI=1S/C23H34N2O3/c1-4-7-8-16-27-21-13-9-12-20(17-21)25-15-14-24-22(18-25)28-23(26)19(10-5-2)11-6-3/h9,12-14,17-19H,4-8,10-11,15-16H2,1-3H3. The molecule has 1 aliphatic heterocycles. The Hall–Kier alpha value is -2.30. The van der Waals surface area contributed by atoms with Crippen molar-refractivity contribution in [3.8, 4) is 5.75 Å². The van der Waals surface area contributed by atoms with Crippen LogP contribution in [-0.2, 0) is 9.53 Å². The second kappa shape index (κ2) is 12.2. The molecule has 0 fully saturated rings. The van der Waals surface area contributed by atoms with E-state index in [0.717, 1.165) is 50.1 Å². The van der Waals surface area contributed by atoms with Crippen LogP contribution in [-0.4, -0.2) is 25.3 Å². The molecule has 0 N–H and O–H groups in total. The summed E-state index contributed by atoms with van der Waals surface area (Å²) in [5, 5.41) is 0. The summed E-state index contributed by atoms with van der Waals surface area (Å²) in [5.41, 5.74) is 0.992. The monoisotopic (exact) mass is 386 g/mol. The molecule has 0 radical (unpaired) electrons. The molecule has 154 valence electrons. The van der Waals surface area contributed by atoms with Crippen LogP contribution in [0.3, 0.4) is 0 Å². The van der Waals surface area contributed by atoms with Crippen LogP contribution in [0.4, 0.5) is 5.69 Å². The molecular weight excluding hydrogens is 352 g/mol. The van der Waals surface area contributed by atoms with Crippen LogP contribution < -0.4 is 9.64 Å². The molecule has 0 atom stereocenters. The van der Waals surface area contributed by atoms with Crippen LogP contribution in [0.15, 0.2) is 41.3 Å². The van der Waals surface area contributed by atoms with Crippen LogP contribution >= 0.6 is 0 Å². The highest BCUT2D eigenvalue weighted by molar-refractivity contribution is 5.75. The predicted molar refractivity (Wildman–Crippen MR) is 115 cm³/mol. The number of nitrogens with zero attached hydrogens (tertiary/aromatic N) is 2. The number of hydrogen-bond donors (Lipinski definition) is 0. The van der Waals surface area contributed by atoms with Crippen molar-refractivity contribution >= 4 is 17.9 Å². The number of esters is 1. The molecule has 0 spiro atoms. The largest absolute Gasteiger partial charge is 0.494 e. The maximum absolute atomic E-state index is 12.5. The van der Waals surface area contributed by atoms with Crippen LogP contribution in [0.2, 0.25) is 0 Å². The normalized spacial score (nSPS) is 13.6. The van der Waals surface area contributed by atoms with Gasteiger partial charge in [-0.25, -0.2) is 4.99 Å². The van der Waals surface area contributed by atoms with Crippen LogP contribution in [0.5, 0.6) is 5.75 Å². The van der Waals surface area contributed by atoms with Crippen molar-refractivity contribution in [1.82, 2.24) is 0 Å². The lowest BCUT2D eigenvalue weighted by molar-refractivity contribution is -0.144. The van der Waals surface area contributed by atoms with Crippen molar-refractivity contribution in [2.24, 2.45) is 10.9 Å². The van der Waals surface area contributed by atoms with Gasteiger partial charge in [-0.2, -0.15) is 0 Å². The molecule has 1 heterocycles. The third-order valence-electron chi connectivity index (χ3n) is 4.74. The molecule has 2 rings (SSSR count). The third kappa shape index (κ3) is 7.02. The molecule has 0 saturated carbocycles. The van der Waals surface area contributed by atoms with E-state index in [4.69, 9.17) is 9.47 Å². The smallest absolute Gasteiger partial charge is 0.315 e. The fourth-order valence-corrected chi connectivity index (χ4v) is 3.23. The topological polar surface area (TPSA) is 51.1 Å². The highest BCUT2D eigenvalue weighted by Gasteiger charge is 2.21. The van der Waals surface area contributed by atoms with Crippen molar-refractivity contribution in [1.29, 1.82) is 0 Å². The van der Waals surface area contributed by atoms with E-state index in [2.05, 4.69) is 25.8 Å². The number of hydrogen-bond acceptors (Lipinski definition) is 5. The quantitative estimate of drug-likeness (QED) is 0.341. The van der Waals surface area contributed by atoms with E-state index in [1.165, 1.54) is 12.8 Å². The second-order valence-corrected chi connectivity index (χ2v) is 7.18. The summed E-state index contributed by atoms with van der Waals surface area (Å²) >= 11 is 0. The molecule has 1 aliphatic rings. The molecule has 0 saturated heterocycles. The Bertz CT molecular complexity index is 664. The number of rotatable bonds is 12. The minimum Gasteiger partial charge on any atom is -0.494 e. The van der Waals surface area contributed by atoms with Crippen molar-refractivity contribution in [2.45, 2.75) is 65.7 Å². The van der Waals surface area contributed by atoms with Crippen molar-refractivity contribution in [3.05, 3.63) is 36.3 Å². The molecule has 1 aromatic carbocycles. The fraction of sp³-hybridized carbons (Fsp3) is 0.565. The summed E-state index contributed by atoms with van der Waals surface area (Å²) in [4.78, 5) is 18.8. The number of benzene rings is 1. The van der Waals surface area contributed by atoms with Gasteiger partial charge in [0, 0.05) is 18.0 Å². The van der Waals surface area contributed by atoms with Gasteiger partial charge in [-0.15, -0.1) is 0 Å². The summed E-state index contributed by atoms with van der Waals surface area (Å²) in [6, 6.07) is 7.98. The van der Waals surface area contributed by atoms with E-state index in [1.54, 1.807) is 12.4 Å². The molecule has 0 bridgehead atoms. The molecule has 5 nitrogen and oxygen atoms in total. The Morgan fingerprint density at radius 1 is 1.14 bits per heavy atom. The number of ether oxygens (including phenoxy) is 2. The van der Waals surface area contributed by atoms with Gasteiger partial charge in [-0.05, 0) is 31.4 Å². The summed E-state index contributed by atoms with van der Waals surface area (Å²) in [6.07, 6.45) is 10.6. The number of aliphatic imine (C=N–C) groups is 1. The zero-order chi connectivity index (χ0) is 20.2. The highest BCUT2D eigenvalue weighted by atomic mass is 16.5. The third-order valence-corrected chi connectivity index (χ3v) is 4.74. The average Bonchev–Trinajstić information content (AvgIpc) is 2.71. The zero-order valence-corrected chi connectivity index (χ0v) is 17.5. The Kier molecular flexibility index (Phi) is 9.60. The van der Waals surface area contributed by atoms with Crippen LogP contribution in [0.25, 0.3) is 0 Å². The first-order valence-electron chi connectivity index (χ1n) is 10.6. The van der Waals surface area contributed by atoms with Gasteiger partial charge in [0.2, 0.25) is 5.88 Å². The molecule has 28 heavy (non-hydrogen) atoms. The van der Waals surface area contributed by atoms with E-state index in [0.29, 0.717) is 12.4 Å². The highest BCUT2D eigenvalue weighted by Crippen LogP contribution is 2.24. The van der Waals surface area contributed by atoms with E-state index in [-0.39, 0.29) is 11.9 Å². The zero-order valence-electron chi connectivity index (χ0n) is 17.5. The Labute approximate surface area is 169 Å². The first-order valence-corrected chi connectivity index (χ1v) is 10.6. The maximum atomic E-state index is 12.5. The van der Waals surface area contributed by atoms with Crippen LogP contribution in [0.1, 0.15) is 65.7 Å². The molecule has 0 amide bonds. The van der Waals surface area contributed by atoms with E-state index >= 15 is 0 Å². The van der Waals surface area contributed by atoms with Gasteiger partial charge < -0.3 is 14.4 Å². The summed E-state index contributed by atoms with van der Waals surface area (Å²) in [5.74, 6) is 0.972. The van der Waals surface area contributed by atoms with Crippen molar-refractivity contribution < 1.29 is 14.3 Å². The molecule has 0 unspecified atom stereocenters. The number of unbranched alkanes of at least 4 members (excludes halogenated alkanes) is 2. The minimum atomic E-state index is -0.179. The van der Waals surface area contributed by atoms with Crippen molar-refractivity contribution in [2.75, 3.05) is 18.1 Å². The summed E-state index contributed by atoms with van der Waals surface area (Å²) in [7, 11) is 0. The molecular formula is C23H34N2O3. The molecule has 5 heteroatoms. The Morgan fingerprint density at radius 3 is 2.64 bits per heavy atom. The lowest BCUT2D eigenvalue weighted by atomic mass is 9.99. The van der Waals surface area contributed by atoms with Crippen LogP contribution in [0, 0.1) is 5.92 Å². The maximum Gasteiger partial charge on any atom is 0.315 e. The second-order valence-electron chi connectivity index (χ2n) is 7.18. The van der Waals surface area contributed by atoms with Gasteiger partial charge in [0.05, 0.1) is 25.3 Å². The van der Waals surface area contributed by atoms with Gasteiger partial charge in [0.25, 0.3) is 0 Å². The number of anilines is 1. The lowest BCUT2D eigenvalue weighted by Gasteiger charge is -2.23. The van der Waals surface area contributed by atoms with E-state index in [1.807, 2.05) is 29.2 Å². The number of carbonyl (C=O) groups excluding carboxylic acids is 1. The fourth-order valence-electron chi connectivity index (χ4n) is 3.23. The molecule has 0 aromatic heterocycles. The first-order chi connectivity index (χ1) is 13.7. The van der Waals surface area contributed by atoms with Gasteiger partial charge in [0.15, 0.2) is 0 Å². The minimum absolute atomic E-state index is 0.0543. The predicted octanol–water partition coefficient (Wildman–Crippen LogP) is 5.70. The summed E-state index contributed by atoms with van der Waals surface area (Å²) in [6.45, 7) is 7.73. The van der Waals surface area contributed by atoms with E-state index < -0.39 is 0 Å². The number of carbonyl (C=O) groups is 1. The van der Waals surface area contributed by atoms with Gasteiger partial charge >= 0.3 is 5.97 Å². The van der Waals surface area contributed by atoms with Gasteiger partial charge in [0.1, 0.15) is 5.75 Å². The first kappa shape index (κ1) is 22.0. The van der Waals surface area contributed by atoms with E-state index in [9.17, 15) is 4.79 Å². The van der Waals surface area contributed by atoms with Crippen molar-refractivity contribution in [3.63, 3.8) is 0 Å². The van der Waals surface area contributed by atoms with Gasteiger partial charge in [-0.1, -0.05) is 52.5 Å². The molecule has 1 aromatic rings. The molecule has 0 aliphatic carbocycles.